The zero-order valence-electron chi connectivity index (χ0n) is 16.6. The van der Waals surface area contributed by atoms with Crippen molar-refractivity contribution in [3.8, 4) is 11.5 Å². The number of carbonyl (C=O) groups excluding carboxylic acids is 2. The van der Waals surface area contributed by atoms with E-state index in [4.69, 9.17) is 9.47 Å². The predicted molar refractivity (Wildman–Crippen MR) is 105 cm³/mol. The molecule has 28 heavy (non-hydrogen) atoms. The van der Waals surface area contributed by atoms with Gasteiger partial charge in [-0.3, -0.25) is 14.6 Å². The standard InChI is InChI=1S/C21H27NO6/c1-26-18-9-7-14(13-19(18)27-2)11-12-22-15-5-4-6-16(23)21(15)17(24)8-10-20(25)28-3/h7,9,13,24H,4-6,8,10-12H2,1-3H3/b21-17+,22-15?. The molecule has 0 radical (unpaired) electrons. The minimum atomic E-state index is -0.428. The molecular formula is C21H27NO6. The number of Topliss-reactive ketones (excluding diaryl/α,β-unsaturated/α-hetero) is 1. The number of ether oxygens (including phenoxy) is 3. The van der Waals surface area contributed by atoms with Crippen LogP contribution in [0.2, 0.25) is 0 Å². The third-order valence-electron chi connectivity index (χ3n) is 4.62. The summed E-state index contributed by atoms with van der Waals surface area (Å²) in [5, 5.41) is 10.3. The maximum absolute atomic E-state index is 12.3. The molecule has 0 amide bonds. The first-order chi connectivity index (χ1) is 13.5. The number of allylic oxidation sites excluding steroid dienone is 2. The number of aliphatic hydroxyl groups is 1. The molecule has 0 bridgehead atoms. The van der Waals surface area contributed by atoms with Gasteiger partial charge in [-0.1, -0.05) is 6.07 Å². The molecule has 7 heteroatoms. The summed E-state index contributed by atoms with van der Waals surface area (Å²) in [6.07, 6.45) is 2.48. The monoisotopic (exact) mass is 389 g/mol. The summed E-state index contributed by atoms with van der Waals surface area (Å²) in [6.45, 7) is 0.478. The van der Waals surface area contributed by atoms with Crippen LogP contribution in [0.25, 0.3) is 0 Å². The maximum atomic E-state index is 12.3. The lowest BCUT2D eigenvalue weighted by atomic mass is 9.89. The van der Waals surface area contributed by atoms with E-state index in [9.17, 15) is 14.7 Å². The molecule has 1 aliphatic carbocycles. The molecule has 0 spiro atoms. The third kappa shape index (κ3) is 5.58. The van der Waals surface area contributed by atoms with Crippen molar-refractivity contribution in [1.82, 2.24) is 0 Å². The highest BCUT2D eigenvalue weighted by Gasteiger charge is 2.25. The van der Waals surface area contributed by atoms with E-state index in [-0.39, 0.29) is 30.0 Å². The van der Waals surface area contributed by atoms with Gasteiger partial charge in [-0.15, -0.1) is 0 Å². The number of esters is 1. The van der Waals surface area contributed by atoms with Crippen LogP contribution in [0.3, 0.4) is 0 Å². The van der Waals surface area contributed by atoms with Crippen LogP contribution in [0, 0.1) is 0 Å². The van der Waals surface area contributed by atoms with Crippen LogP contribution >= 0.6 is 0 Å². The molecule has 152 valence electrons. The van der Waals surface area contributed by atoms with Crippen molar-refractivity contribution in [2.75, 3.05) is 27.9 Å². The summed E-state index contributed by atoms with van der Waals surface area (Å²) in [4.78, 5) is 28.2. The van der Waals surface area contributed by atoms with E-state index < -0.39 is 5.97 Å². The fourth-order valence-corrected chi connectivity index (χ4v) is 3.12. The molecule has 0 unspecified atom stereocenters. The van der Waals surface area contributed by atoms with Gasteiger partial charge in [0.15, 0.2) is 17.3 Å². The minimum absolute atomic E-state index is 0.0258. The van der Waals surface area contributed by atoms with Gasteiger partial charge >= 0.3 is 5.97 Å². The smallest absolute Gasteiger partial charge is 0.305 e. The van der Waals surface area contributed by atoms with Crippen molar-refractivity contribution < 1.29 is 28.9 Å². The van der Waals surface area contributed by atoms with Gasteiger partial charge in [0.1, 0.15) is 5.76 Å². The van der Waals surface area contributed by atoms with Crippen molar-refractivity contribution >= 4 is 17.5 Å². The van der Waals surface area contributed by atoms with Crippen molar-refractivity contribution in [3.63, 3.8) is 0 Å². The fraction of sp³-hybridized carbons (Fsp3) is 0.476. The van der Waals surface area contributed by atoms with E-state index in [0.29, 0.717) is 49.4 Å². The molecule has 0 aliphatic heterocycles. The van der Waals surface area contributed by atoms with Gasteiger partial charge in [0.05, 0.1) is 33.3 Å². The van der Waals surface area contributed by atoms with Crippen LogP contribution in [-0.2, 0) is 20.7 Å². The molecule has 1 N–H and O–H groups in total. The SMILES string of the molecule is COC(=O)CC/C(O)=C1\C(=O)CCCC1=NCCc1ccc(OC)c(OC)c1. The number of hydrogen-bond acceptors (Lipinski definition) is 7. The van der Waals surface area contributed by atoms with E-state index in [0.717, 1.165) is 5.56 Å². The molecule has 0 aromatic heterocycles. The number of aliphatic imine (C=N–C) groups is 1. The Hall–Kier alpha value is -2.83. The zero-order chi connectivity index (χ0) is 20.5. The van der Waals surface area contributed by atoms with E-state index in [2.05, 4.69) is 9.73 Å². The van der Waals surface area contributed by atoms with E-state index in [1.807, 2.05) is 18.2 Å². The largest absolute Gasteiger partial charge is 0.511 e. The van der Waals surface area contributed by atoms with Crippen LogP contribution in [0.1, 0.15) is 37.7 Å². The van der Waals surface area contributed by atoms with Crippen molar-refractivity contribution in [2.24, 2.45) is 4.99 Å². The van der Waals surface area contributed by atoms with Crippen LogP contribution in [0.5, 0.6) is 11.5 Å². The molecule has 2 rings (SSSR count). The lowest BCUT2D eigenvalue weighted by Crippen LogP contribution is -2.22. The third-order valence-corrected chi connectivity index (χ3v) is 4.62. The highest BCUT2D eigenvalue weighted by Crippen LogP contribution is 2.28. The maximum Gasteiger partial charge on any atom is 0.305 e. The highest BCUT2D eigenvalue weighted by atomic mass is 16.5. The number of methoxy groups -OCH3 is 3. The Morgan fingerprint density at radius 1 is 1.11 bits per heavy atom. The molecule has 0 atom stereocenters. The molecular weight excluding hydrogens is 362 g/mol. The molecule has 1 saturated carbocycles. The van der Waals surface area contributed by atoms with E-state index in [1.165, 1.54) is 7.11 Å². The molecule has 1 aromatic carbocycles. The summed E-state index contributed by atoms with van der Waals surface area (Å²) in [5.74, 6) is 0.679. The second-order valence-corrected chi connectivity index (χ2v) is 6.44. The highest BCUT2D eigenvalue weighted by molar-refractivity contribution is 6.24. The summed E-state index contributed by atoms with van der Waals surface area (Å²) in [5.41, 5.74) is 1.91. The second kappa shape index (κ2) is 10.5. The fourth-order valence-electron chi connectivity index (χ4n) is 3.12. The normalized spacial score (nSPS) is 17.4. The second-order valence-electron chi connectivity index (χ2n) is 6.44. The Labute approximate surface area is 165 Å². The topological polar surface area (TPSA) is 94.4 Å². The first kappa shape index (κ1) is 21.5. The Balaban J connectivity index is 2.11. The van der Waals surface area contributed by atoms with Crippen LogP contribution in [-0.4, -0.2) is 50.4 Å². The predicted octanol–water partition coefficient (Wildman–Crippen LogP) is 3.21. The lowest BCUT2D eigenvalue weighted by Gasteiger charge is -2.18. The van der Waals surface area contributed by atoms with Crippen molar-refractivity contribution in [3.05, 3.63) is 35.1 Å². The van der Waals surface area contributed by atoms with Gasteiger partial charge in [-0.05, 0) is 37.0 Å². The number of benzene rings is 1. The number of aliphatic hydroxyl groups excluding tert-OH is 1. The van der Waals surface area contributed by atoms with Gasteiger partial charge in [0.2, 0.25) is 0 Å². The number of rotatable bonds is 8. The first-order valence-corrected chi connectivity index (χ1v) is 9.26. The molecule has 0 saturated heterocycles. The summed E-state index contributed by atoms with van der Waals surface area (Å²) >= 11 is 0. The molecule has 0 heterocycles. The summed E-state index contributed by atoms with van der Waals surface area (Å²) in [7, 11) is 4.47. The van der Waals surface area contributed by atoms with Gasteiger partial charge in [0.25, 0.3) is 0 Å². The molecule has 1 aromatic rings. The zero-order valence-corrected chi connectivity index (χ0v) is 16.6. The average Bonchev–Trinajstić information content (AvgIpc) is 2.71. The first-order valence-electron chi connectivity index (χ1n) is 9.26. The van der Waals surface area contributed by atoms with E-state index in [1.54, 1.807) is 14.2 Å². The summed E-state index contributed by atoms with van der Waals surface area (Å²) < 4.78 is 15.1. The number of ketones is 1. The molecule has 7 nitrogen and oxygen atoms in total. The van der Waals surface area contributed by atoms with Crippen LogP contribution in [0.15, 0.2) is 34.5 Å². The quantitative estimate of drug-likeness (QED) is 0.417. The molecule has 1 fully saturated rings. The van der Waals surface area contributed by atoms with Crippen molar-refractivity contribution in [2.45, 2.75) is 38.5 Å². The number of carbonyl (C=O) groups is 2. The Morgan fingerprint density at radius 2 is 1.86 bits per heavy atom. The Bertz CT molecular complexity index is 781. The van der Waals surface area contributed by atoms with Crippen LogP contribution < -0.4 is 9.47 Å². The van der Waals surface area contributed by atoms with Gasteiger partial charge in [-0.2, -0.15) is 0 Å². The van der Waals surface area contributed by atoms with Gasteiger partial charge in [0, 0.05) is 25.1 Å². The van der Waals surface area contributed by atoms with Crippen LogP contribution in [0.4, 0.5) is 0 Å². The number of nitrogens with zero attached hydrogens (tertiary/aromatic N) is 1. The van der Waals surface area contributed by atoms with E-state index >= 15 is 0 Å². The van der Waals surface area contributed by atoms with Crippen molar-refractivity contribution in [1.29, 1.82) is 0 Å². The minimum Gasteiger partial charge on any atom is -0.511 e. The molecule has 1 aliphatic rings. The summed E-state index contributed by atoms with van der Waals surface area (Å²) in [6, 6.07) is 5.68. The average molecular weight is 389 g/mol. The Kier molecular flexibility index (Phi) is 8.04. The van der Waals surface area contributed by atoms with Gasteiger partial charge in [-0.25, -0.2) is 0 Å². The lowest BCUT2D eigenvalue weighted by molar-refractivity contribution is -0.140. The Morgan fingerprint density at radius 3 is 2.54 bits per heavy atom. The van der Waals surface area contributed by atoms with Gasteiger partial charge < -0.3 is 19.3 Å². The number of hydrogen-bond donors (Lipinski definition) is 1.